The molecule has 1 atom stereocenters. The third-order valence-corrected chi connectivity index (χ3v) is 5.62. The van der Waals surface area contributed by atoms with Gasteiger partial charge in [-0.25, -0.2) is 12.7 Å². The molecule has 3 N–H and O–H groups in total. The molecule has 2 rings (SSSR count). The fraction of sp³-hybridized carbons (Fsp3) is 0.294. The summed E-state index contributed by atoms with van der Waals surface area (Å²) in [6.45, 7) is 0. The van der Waals surface area contributed by atoms with Crippen molar-refractivity contribution in [1.82, 2.24) is 4.31 Å². The zero-order valence-corrected chi connectivity index (χ0v) is 14.7. The summed E-state index contributed by atoms with van der Waals surface area (Å²) >= 11 is 0. The number of rotatable bonds is 6. The highest BCUT2D eigenvalue weighted by atomic mass is 32.2. The average Bonchev–Trinajstić information content (AvgIpc) is 2.56. The van der Waals surface area contributed by atoms with Gasteiger partial charge in [-0.15, -0.1) is 0 Å². The molecule has 2 aromatic rings. The highest BCUT2D eigenvalue weighted by Gasteiger charge is 2.24. The number of anilines is 1. The Bertz CT molecular complexity index is 805. The number of hydrogen-bond donors (Lipinski definition) is 2. The van der Waals surface area contributed by atoms with Crippen LogP contribution in [0.4, 0.5) is 5.69 Å². The molecular formula is C17H22N2O4S. The van der Waals surface area contributed by atoms with Crippen molar-refractivity contribution in [1.29, 1.82) is 0 Å². The smallest absolute Gasteiger partial charge is 0.246 e. The molecule has 0 spiro atoms. The second-order valence-corrected chi connectivity index (χ2v) is 7.74. The molecule has 0 aliphatic rings. The van der Waals surface area contributed by atoms with Gasteiger partial charge < -0.3 is 15.6 Å². The normalized spacial score (nSPS) is 13.0. The minimum absolute atomic E-state index is 0.00505. The molecule has 24 heavy (non-hydrogen) atoms. The van der Waals surface area contributed by atoms with Crippen molar-refractivity contribution in [3.05, 3.63) is 53.6 Å². The van der Waals surface area contributed by atoms with Crippen LogP contribution in [0.25, 0.3) is 0 Å². The van der Waals surface area contributed by atoms with E-state index >= 15 is 0 Å². The van der Waals surface area contributed by atoms with Crippen LogP contribution in [0.5, 0.6) is 5.75 Å². The van der Waals surface area contributed by atoms with Crippen LogP contribution in [0.1, 0.15) is 17.2 Å². The second-order valence-electron chi connectivity index (χ2n) is 5.62. The Hall–Kier alpha value is -2.09. The van der Waals surface area contributed by atoms with Crippen LogP contribution in [-0.2, 0) is 16.4 Å². The van der Waals surface area contributed by atoms with Gasteiger partial charge >= 0.3 is 0 Å². The SMILES string of the molecule is COc1cc(CC(O)c2ccccc2)c(N)cc1S(=O)(=O)N(C)C. The van der Waals surface area contributed by atoms with Crippen molar-refractivity contribution in [3.63, 3.8) is 0 Å². The van der Waals surface area contributed by atoms with Gasteiger partial charge in [0.25, 0.3) is 0 Å². The summed E-state index contributed by atoms with van der Waals surface area (Å²) in [5, 5.41) is 10.4. The third kappa shape index (κ3) is 3.69. The fourth-order valence-corrected chi connectivity index (χ4v) is 3.42. The van der Waals surface area contributed by atoms with E-state index in [1.165, 1.54) is 27.3 Å². The maximum absolute atomic E-state index is 12.4. The number of benzene rings is 2. The molecule has 7 heteroatoms. The monoisotopic (exact) mass is 350 g/mol. The van der Waals surface area contributed by atoms with Gasteiger partial charge in [0.1, 0.15) is 10.6 Å². The van der Waals surface area contributed by atoms with Crippen LogP contribution in [0.3, 0.4) is 0 Å². The molecule has 0 aliphatic heterocycles. The number of hydrogen-bond acceptors (Lipinski definition) is 5. The number of nitrogen functional groups attached to an aromatic ring is 1. The van der Waals surface area contributed by atoms with E-state index in [0.717, 1.165) is 9.87 Å². The Balaban J connectivity index is 2.40. The van der Waals surface area contributed by atoms with Gasteiger partial charge in [-0.1, -0.05) is 30.3 Å². The number of aliphatic hydroxyl groups is 1. The number of sulfonamides is 1. The molecule has 6 nitrogen and oxygen atoms in total. The van der Waals surface area contributed by atoms with Crippen LogP contribution in [0, 0.1) is 0 Å². The molecule has 2 aromatic carbocycles. The van der Waals surface area contributed by atoms with Gasteiger partial charge in [-0.2, -0.15) is 0 Å². The van der Waals surface area contributed by atoms with E-state index in [2.05, 4.69) is 0 Å². The summed E-state index contributed by atoms with van der Waals surface area (Å²) in [5.41, 5.74) is 7.71. The van der Waals surface area contributed by atoms with Crippen molar-refractivity contribution in [3.8, 4) is 5.75 Å². The minimum Gasteiger partial charge on any atom is -0.495 e. The van der Waals surface area contributed by atoms with Gasteiger partial charge in [-0.05, 0) is 23.3 Å². The molecule has 0 amide bonds. The first kappa shape index (κ1) is 18.3. The number of nitrogens with two attached hydrogens (primary N) is 1. The van der Waals surface area contributed by atoms with Crippen LogP contribution in [0.15, 0.2) is 47.4 Å². The molecule has 0 bridgehead atoms. The Kier molecular flexibility index (Phi) is 5.48. The standard InChI is InChI=1S/C17H22N2O4S/c1-19(2)24(21,22)17-11-14(18)13(10-16(17)23-3)9-15(20)12-7-5-4-6-8-12/h4-8,10-11,15,20H,9,18H2,1-3H3. The minimum atomic E-state index is -3.67. The Morgan fingerprint density at radius 3 is 2.38 bits per heavy atom. The van der Waals surface area contributed by atoms with Gasteiger partial charge in [0.15, 0.2) is 0 Å². The van der Waals surface area contributed by atoms with Crippen molar-refractivity contribution >= 4 is 15.7 Å². The number of aliphatic hydroxyl groups excluding tert-OH is 1. The topological polar surface area (TPSA) is 92.9 Å². The highest BCUT2D eigenvalue weighted by Crippen LogP contribution is 2.32. The van der Waals surface area contributed by atoms with E-state index in [1.54, 1.807) is 6.07 Å². The van der Waals surface area contributed by atoms with E-state index in [0.29, 0.717) is 11.3 Å². The van der Waals surface area contributed by atoms with Crippen LogP contribution in [0.2, 0.25) is 0 Å². The summed E-state index contributed by atoms with van der Waals surface area (Å²) in [6, 6.07) is 12.1. The lowest BCUT2D eigenvalue weighted by Gasteiger charge is -2.18. The molecule has 0 saturated carbocycles. The van der Waals surface area contributed by atoms with Gasteiger partial charge in [-0.3, -0.25) is 0 Å². The Labute approximate surface area is 142 Å². The van der Waals surface area contributed by atoms with Gasteiger partial charge in [0.2, 0.25) is 10.0 Å². The molecule has 0 saturated heterocycles. The number of ether oxygens (including phenoxy) is 1. The first-order valence-electron chi connectivity index (χ1n) is 7.39. The maximum Gasteiger partial charge on any atom is 0.246 e. The van der Waals surface area contributed by atoms with Gasteiger partial charge in [0, 0.05) is 26.2 Å². The van der Waals surface area contributed by atoms with E-state index in [9.17, 15) is 13.5 Å². The third-order valence-electron chi connectivity index (χ3n) is 3.78. The number of nitrogens with zero attached hydrogens (tertiary/aromatic N) is 1. The Morgan fingerprint density at radius 1 is 1.21 bits per heavy atom. The van der Waals surface area contributed by atoms with E-state index < -0.39 is 16.1 Å². The average molecular weight is 350 g/mol. The van der Waals surface area contributed by atoms with Gasteiger partial charge in [0.05, 0.1) is 13.2 Å². The zero-order valence-electron chi connectivity index (χ0n) is 13.9. The predicted molar refractivity (Wildman–Crippen MR) is 93.4 cm³/mol. The van der Waals surface area contributed by atoms with E-state index in [1.807, 2.05) is 30.3 Å². The largest absolute Gasteiger partial charge is 0.495 e. The van der Waals surface area contributed by atoms with Crippen LogP contribution in [-0.4, -0.2) is 39.0 Å². The fourth-order valence-electron chi connectivity index (χ4n) is 2.35. The first-order valence-corrected chi connectivity index (χ1v) is 8.83. The molecule has 1 unspecified atom stereocenters. The quantitative estimate of drug-likeness (QED) is 0.775. The molecule has 130 valence electrons. The second kappa shape index (κ2) is 7.21. The molecular weight excluding hydrogens is 328 g/mol. The highest BCUT2D eigenvalue weighted by molar-refractivity contribution is 7.89. The summed E-state index contributed by atoms with van der Waals surface area (Å²) in [5.74, 6) is 0.202. The molecule has 0 aromatic heterocycles. The van der Waals surface area contributed by atoms with Crippen molar-refractivity contribution in [2.24, 2.45) is 0 Å². The van der Waals surface area contributed by atoms with Crippen LogP contribution < -0.4 is 10.5 Å². The van der Waals surface area contributed by atoms with Crippen molar-refractivity contribution in [2.45, 2.75) is 17.4 Å². The molecule has 0 fully saturated rings. The Morgan fingerprint density at radius 2 is 1.83 bits per heavy atom. The zero-order chi connectivity index (χ0) is 17.9. The maximum atomic E-state index is 12.4. The lowest BCUT2D eigenvalue weighted by Crippen LogP contribution is -2.23. The molecule has 0 radical (unpaired) electrons. The van der Waals surface area contributed by atoms with E-state index in [-0.39, 0.29) is 17.1 Å². The molecule has 0 heterocycles. The van der Waals surface area contributed by atoms with Crippen molar-refractivity contribution < 1.29 is 18.3 Å². The summed E-state index contributed by atoms with van der Waals surface area (Å²) in [6.07, 6.45) is -0.483. The summed E-state index contributed by atoms with van der Waals surface area (Å²) in [4.78, 5) is 0.00505. The predicted octanol–water partition coefficient (Wildman–Crippen LogP) is 1.80. The molecule has 0 aliphatic carbocycles. The first-order chi connectivity index (χ1) is 11.3. The summed E-state index contributed by atoms with van der Waals surface area (Å²) < 4.78 is 31.0. The van der Waals surface area contributed by atoms with Crippen LogP contribution >= 0.6 is 0 Å². The number of methoxy groups -OCH3 is 1. The van der Waals surface area contributed by atoms with E-state index in [4.69, 9.17) is 10.5 Å². The summed E-state index contributed by atoms with van der Waals surface area (Å²) in [7, 11) is 0.612. The lowest BCUT2D eigenvalue weighted by molar-refractivity contribution is 0.178. The lowest BCUT2D eigenvalue weighted by atomic mass is 10.00. The van der Waals surface area contributed by atoms with Crippen molar-refractivity contribution in [2.75, 3.05) is 26.9 Å².